The molecule has 0 fully saturated rings. The van der Waals surface area contributed by atoms with Crippen molar-refractivity contribution in [2.75, 3.05) is 0 Å². The van der Waals surface area contributed by atoms with Crippen LogP contribution >= 0.6 is 0 Å². The molecule has 0 spiro atoms. The van der Waals surface area contributed by atoms with Crippen LogP contribution in [0.1, 0.15) is 26.3 Å². The van der Waals surface area contributed by atoms with Gasteiger partial charge in [0.2, 0.25) is 0 Å². The number of benzene rings is 2. The van der Waals surface area contributed by atoms with E-state index >= 15 is 0 Å². The van der Waals surface area contributed by atoms with Crippen molar-refractivity contribution < 1.29 is 24.2 Å². The van der Waals surface area contributed by atoms with E-state index in [4.69, 9.17) is 5.11 Å². The van der Waals surface area contributed by atoms with Gasteiger partial charge < -0.3 is 15.5 Å². The summed E-state index contributed by atoms with van der Waals surface area (Å²) < 4.78 is 12.7. The highest BCUT2D eigenvalue weighted by Gasteiger charge is 2.17. The average Bonchev–Trinajstić information content (AvgIpc) is 2.46. The van der Waals surface area contributed by atoms with Crippen molar-refractivity contribution in [2.24, 2.45) is 0 Å². The molecule has 0 atom stereocenters. The molecule has 0 heterocycles. The normalized spacial score (nSPS) is 10.1. The van der Waals surface area contributed by atoms with Gasteiger partial charge >= 0.3 is 5.97 Å². The van der Waals surface area contributed by atoms with Crippen LogP contribution in [0.4, 0.5) is 4.39 Å². The first-order valence-electron chi connectivity index (χ1n) is 6.07. The Bertz CT molecular complexity index is 683. The van der Waals surface area contributed by atoms with Crippen LogP contribution < -0.4 is 5.32 Å². The van der Waals surface area contributed by atoms with Crippen LogP contribution in [0.3, 0.4) is 0 Å². The smallest absolute Gasteiger partial charge is 0.339 e. The number of nitrogens with one attached hydrogen (secondary N) is 1. The number of para-hydroxylation sites is 1. The average molecular weight is 289 g/mol. The molecule has 1 amide bonds. The number of carboxylic acids is 1. The summed E-state index contributed by atoms with van der Waals surface area (Å²) >= 11 is 0. The van der Waals surface area contributed by atoms with Crippen LogP contribution in [0, 0.1) is 5.82 Å². The number of carboxylic acid groups (broad SMARTS) is 1. The highest BCUT2D eigenvalue weighted by molar-refractivity contribution is 6.01. The predicted molar refractivity (Wildman–Crippen MR) is 72.6 cm³/mol. The lowest BCUT2D eigenvalue weighted by Crippen LogP contribution is -2.23. The minimum absolute atomic E-state index is 0.128. The van der Waals surface area contributed by atoms with Crippen molar-refractivity contribution >= 4 is 11.9 Å². The first-order valence-corrected chi connectivity index (χ1v) is 6.07. The topological polar surface area (TPSA) is 86.6 Å². The fourth-order valence-electron chi connectivity index (χ4n) is 1.78. The number of carbonyl (C=O) groups is 2. The van der Waals surface area contributed by atoms with Crippen LogP contribution in [0.15, 0.2) is 42.5 Å². The molecule has 0 aromatic heterocycles. The maximum absolute atomic E-state index is 12.7. The predicted octanol–water partition coefficient (Wildman–Crippen LogP) is 2.16. The molecule has 6 heteroatoms. The fourth-order valence-corrected chi connectivity index (χ4v) is 1.78. The molecule has 0 radical (unpaired) electrons. The molecule has 0 bridgehead atoms. The first-order chi connectivity index (χ1) is 9.99. The number of aromatic hydroxyl groups is 1. The van der Waals surface area contributed by atoms with Gasteiger partial charge in [-0.1, -0.05) is 18.2 Å². The number of carbonyl (C=O) groups excluding carboxylic acids is 1. The van der Waals surface area contributed by atoms with Crippen molar-refractivity contribution in [1.29, 1.82) is 0 Å². The quantitative estimate of drug-likeness (QED) is 0.805. The highest BCUT2D eigenvalue weighted by atomic mass is 19.1. The summed E-state index contributed by atoms with van der Waals surface area (Å²) in [4.78, 5) is 22.8. The van der Waals surface area contributed by atoms with E-state index in [1.165, 1.54) is 42.5 Å². The largest absolute Gasteiger partial charge is 0.506 e. The zero-order valence-corrected chi connectivity index (χ0v) is 10.8. The summed E-state index contributed by atoms with van der Waals surface area (Å²) in [6.45, 7) is 0.135. The zero-order chi connectivity index (χ0) is 15.4. The Hall–Kier alpha value is -2.89. The highest BCUT2D eigenvalue weighted by Crippen LogP contribution is 2.22. The third-order valence-corrected chi connectivity index (χ3v) is 2.88. The lowest BCUT2D eigenvalue weighted by Gasteiger charge is -2.08. The van der Waals surface area contributed by atoms with Crippen LogP contribution in [0.2, 0.25) is 0 Å². The molecule has 2 aromatic carbocycles. The zero-order valence-electron chi connectivity index (χ0n) is 10.8. The van der Waals surface area contributed by atoms with E-state index in [1.54, 1.807) is 0 Å². The van der Waals surface area contributed by atoms with Gasteiger partial charge in [0.05, 0.1) is 5.56 Å². The molecule has 0 saturated carbocycles. The summed E-state index contributed by atoms with van der Waals surface area (Å²) in [6, 6.07) is 9.46. The molecular formula is C15H12FNO4. The Labute approximate surface area is 119 Å². The summed E-state index contributed by atoms with van der Waals surface area (Å²) in [5.74, 6) is -2.89. The first kappa shape index (κ1) is 14.5. The van der Waals surface area contributed by atoms with E-state index in [2.05, 4.69) is 5.32 Å². The van der Waals surface area contributed by atoms with E-state index < -0.39 is 17.6 Å². The van der Waals surface area contributed by atoms with Gasteiger partial charge in [0.1, 0.15) is 17.1 Å². The Morgan fingerprint density at radius 2 is 1.67 bits per heavy atom. The van der Waals surface area contributed by atoms with Crippen molar-refractivity contribution in [3.8, 4) is 5.75 Å². The molecular weight excluding hydrogens is 277 g/mol. The van der Waals surface area contributed by atoms with E-state index in [-0.39, 0.29) is 23.5 Å². The van der Waals surface area contributed by atoms with Gasteiger partial charge in [-0.2, -0.15) is 0 Å². The van der Waals surface area contributed by atoms with Crippen molar-refractivity contribution in [1.82, 2.24) is 5.32 Å². The molecule has 0 aliphatic heterocycles. The molecule has 0 aliphatic carbocycles. The van der Waals surface area contributed by atoms with Crippen LogP contribution in [0.25, 0.3) is 0 Å². The van der Waals surface area contributed by atoms with Crippen molar-refractivity contribution in [2.45, 2.75) is 6.54 Å². The van der Waals surface area contributed by atoms with E-state index in [1.807, 2.05) is 0 Å². The van der Waals surface area contributed by atoms with Crippen LogP contribution in [-0.2, 0) is 6.54 Å². The van der Waals surface area contributed by atoms with Gasteiger partial charge in [-0.25, -0.2) is 9.18 Å². The Kier molecular flexibility index (Phi) is 4.18. The van der Waals surface area contributed by atoms with E-state index in [0.29, 0.717) is 5.56 Å². The summed E-state index contributed by atoms with van der Waals surface area (Å²) in [5.41, 5.74) is 0.208. The molecule has 0 aliphatic rings. The SMILES string of the molecule is O=C(O)c1cccc(C(=O)NCc2ccc(F)cc2)c1O. The molecule has 2 rings (SSSR count). The van der Waals surface area contributed by atoms with Gasteiger partial charge in [-0.15, -0.1) is 0 Å². The second-order valence-corrected chi connectivity index (χ2v) is 4.32. The summed E-state index contributed by atoms with van der Waals surface area (Å²) in [6.07, 6.45) is 0. The minimum Gasteiger partial charge on any atom is -0.506 e. The number of amides is 1. The van der Waals surface area contributed by atoms with E-state index in [0.717, 1.165) is 0 Å². The van der Waals surface area contributed by atoms with Gasteiger partial charge in [0.25, 0.3) is 5.91 Å². The van der Waals surface area contributed by atoms with Crippen molar-refractivity contribution in [3.63, 3.8) is 0 Å². The maximum Gasteiger partial charge on any atom is 0.339 e. The van der Waals surface area contributed by atoms with Crippen LogP contribution in [0.5, 0.6) is 5.75 Å². The molecule has 21 heavy (non-hydrogen) atoms. The number of phenols is 1. The lowest BCUT2D eigenvalue weighted by molar-refractivity contribution is 0.0693. The molecule has 2 aromatic rings. The number of halogens is 1. The second kappa shape index (κ2) is 6.04. The number of hydrogen-bond acceptors (Lipinski definition) is 3. The monoisotopic (exact) mass is 289 g/mol. The third-order valence-electron chi connectivity index (χ3n) is 2.88. The summed E-state index contributed by atoms with van der Waals surface area (Å²) in [5, 5.41) is 21.2. The van der Waals surface area contributed by atoms with Gasteiger partial charge in [0, 0.05) is 6.54 Å². The Balaban J connectivity index is 2.12. The lowest BCUT2D eigenvalue weighted by atomic mass is 10.1. The Morgan fingerprint density at radius 3 is 2.29 bits per heavy atom. The Morgan fingerprint density at radius 1 is 1.05 bits per heavy atom. The van der Waals surface area contributed by atoms with Crippen LogP contribution in [-0.4, -0.2) is 22.1 Å². The van der Waals surface area contributed by atoms with Gasteiger partial charge in [0.15, 0.2) is 0 Å². The second-order valence-electron chi connectivity index (χ2n) is 4.32. The molecule has 3 N–H and O–H groups in total. The maximum atomic E-state index is 12.7. The number of aromatic carboxylic acids is 1. The minimum atomic E-state index is -1.32. The molecule has 0 unspecified atom stereocenters. The molecule has 0 saturated heterocycles. The molecule has 5 nitrogen and oxygen atoms in total. The standard InChI is InChI=1S/C15H12FNO4/c16-10-6-4-9(5-7-10)8-17-14(19)11-2-1-3-12(13(11)18)15(20)21/h1-7,18H,8H2,(H,17,19)(H,20,21). The van der Waals surface area contributed by atoms with Crippen molar-refractivity contribution in [3.05, 3.63) is 65.0 Å². The van der Waals surface area contributed by atoms with Gasteiger partial charge in [-0.3, -0.25) is 4.79 Å². The fraction of sp³-hybridized carbons (Fsp3) is 0.0667. The molecule has 108 valence electrons. The third kappa shape index (κ3) is 3.36. The number of rotatable bonds is 4. The van der Waals surface area contributed by atoms with E-state index in [9.17, 15) is 19.1 Å². The van der Waals surface area contributed by atoms with Gasteiger partial charge in [-0.05, 0) is 29.8 Å². The summed E-state index contributed by atoms with van der Waals surface area (Å²) in [7, 11) is 0. The number of hydrogen-bond donors (Lipinski definition) is 3.